The summed E-state index contributed by atoms with van der Waals surface area (Å²) in [6.07, 6.45) is 2.89. The quantitative estimate of drug-likeness (QED) is 0.868. The second-order valence-electron chi connectivity index (χ2n) is 5.83. The molecule has 1 aliphatic heterocycles. The predicted molar refractivity (Wildman–Crippen MR) is 75.1 cm³/mol. The Morgan fingerprint density at radius 2 is 2.10 bits per heavy atom. The molecule has 1 saturated carbocycles. The van der Waals surface area contributed by atoms with Gasteiger partial charge in [-0.15, -0.1) is 0 Å². The molecule has 0 aromatic heterocycles. The van der Waals surface area contributed by atoms with Gasteiger partial charge in [0.2, 0.25) is 0 Å². The lowest BCUT2D eigenvalue weighted by Crippen LogP contribution is -2.47. The van der Waals surface area contributed by atoms with Gasteiger partial charge in [-0.1, -0.05) is 31.5 Å². The zero-order valence-corrected chi connectivity index (χ0v) is 11.6. The number of rotatable bonds is 2. The molecule has 3 rings (SSSR count). The van der Waals surface area contributed by atoms with Crippen LogP contribution in [0.15, 0.2) is 24.3 Å². The number of ketones is 1. The van der Waals surface area contributed by atoms with E-state index in [1.54, 1.807) is 18.2 Å². The smallest absolute Gasteiger partial charge is 0.261 e. The molecule has 0 unspecified atom stereocenters. The molecule has 0 bridgehead atoms. The molecule has 1 aromatic rings. The minimum Gasteiger partial charge on any atom is -0.375 e. The third kappa shape index (κ3) is 1.79. The van der Waals surface area contributed by atoms with Crippen LogP contribution in [0.5, 0.6) is 0 Å². The zero-order valence-electron chi connectivity index (χ0n) is 11.6. The van der Waals surface area contributed by atoms with E-state index in [9.17, 15) is 14.7 Å². The number of para-hydroxylation sites is 1. The molecule has 20 heavy (non-hydrogen) atoms. The third-order valence-corrected chi connectivity index (χ3v) is 4.77. The molecule has 4 heteroatoms. The molecule has 1 fully saturated rings. The van der Waals surface area contributed by atoms with Crippen molar-refractivity contribution in [2.24, 2.45) is 11.8 Å². The van der Waals surface area contributed by atoms with Crippen LogP contribution in [0.4, 0.5) is 5.69 Å². The maximum absolute atomic E-state index is 12.3. The lowest BCUT2D eigenvalue weighted by Gasteiger charge is -2.35. The number of carbonyl (C=O) groups excluding carboxylic acids is 2. The van der Waals surface area contributed by atoms with Crippen molar-refractivity contribution in [1.29, 1.82) is 0 Å². The Balaban J connectivity index is 2.03. The summed E-state index contributed by atoms with van der Waals surface area (Å²) >= 11 is 0. The van der Waals surface area contributed by atoms with E-state index in [2.05, 4.69) is 12.2 Å². The number of aliphatic hydroxyl groups is 1. The van der Waals surface area contributed by atoms with Gasteiger partial charge in [0.05, 0.1) is 5.92 Å². The van der Waals surface area contributed by atoms with Crippen LogP contribution in [0.1, 0.15) is 38.2 Å². The number of amides is 1. The molecule has 0 saturated heterocycles. The highest BCUT2D eigenvalue weighted by atomic mass is 16.3. The summed E-state index contributed by atoms with van der Waals surface area (Å²) in [4.78, 5) is 24.5. The molecule has 1 aromatic carbocycles. The van der Waals surface area contributed by atoms with Crippen molar-refractivity contribution in [1.82, 2.24) is 0 Å². The molecule has 1 amide bonds. The monoisotopic (exact) mass is 273 g/mol. The number of Topliss-reactive ketones (excluding diaryl/α,β-unsaturated/α-hetero) is 1. The first-order valence-corrected chi connectivity index (χ1v) is 7.23. The maximum Gasteiger partial charge on any atom is 0.261 e. The molecular formula is C16H19NO3. The Morgan fingerprint density at radius 1 is 1.35 bits per heavy atom. The first-order chi connectivity index (χ1) is 9.57. The topological polar surface area (TPSA) is 66.4 Å². The summed E-state index contributed by atoms with van der Waals surface area (Å²) in [5.74, 6) is -0.676. The number of hydrogen-bond acceptors (Lipinski definition) is 3. The van der Waals surface area contributed by atoms with E-state index >= 15 is 0 Å². The van der Waals surface area contributed by atoms with Crippen molar-refractivity contribution in [3.8, 4) is 0 Å². The van der Waals surface area contributed by atoms with Crippen LogP contribution in [0, 0.1) is 11.8 Å². The minimum atomic E-state index is -1.69. The van der Waals surface area contributed by atoms with Gasteiger partial charge in [-0.05, 0) is 24.8 Å². The summed E-state index contributed by atoms with van der Waals surface area (Å²) in [6, 6.07) is 7.09. The molecule has 4 nitrogen and oxygen atoms in total. The Morgan fingerprint density at radius 3 is 2.85 bits per heavy atom. The largest absolute Gasteiger partial charge is 0.375 e. The average molecular weight is 273 g/mol. The van der Waals surface area contributed by atoms with E-state index < -0.39 is 17.4 Å². The molecule has 1 aliphatic carbocycles. The van der Waals surface area contributed by atoms with Crippen LogP contribution >= 0.6 is 0 Å². The normalized spacial score (nSPS) is 32.9. The summed E-state index contributed by atoms with van der Waals surface area (Å²) in [7, 11) is 0. The van der Waals surface area contributed by atoms with Gasteiger partial charge in [0.15, 0.2) is 5.60 Å². The van der Waals surface area contributed by atoms with E-state index in [0.717, 1.165) is 12.8 Å². The second-order valence-corrected chi connectivity index (χ2v) is 5.83. The fourth-order valence-corrected chi connectivity index (χ4v) is 3.49. The van der Waals surface area contributed by atoms with Crippen molar-refractivity contribution >= 4 is 17.4 Å². The molecule has 0 spiro atoms. The van der Waals surface area contributed by atoms with Gasteiger partial charge in [-0.25, -0.2) is 0 Å². The number of fused-ring (bicyclic) bond motifs is 1. The number of benzene rings is 1. The fourth-order valence-electron chi connectivity index (χ4n) is 3.49. The van der Waals surface area contributed by atoms with Crippen molar-refractivity contribution in [3.05, 3.63) is 29.8 Å². The van der Waals surface area contributed by atoms with Gasteiger partial charge >= 0.3 is 0 Å². The summed E-state index contributed by atoms with van der Waals surface area (Å²) in [6.45, 7) is 2.09. The van der Waals surface area contributed by atoms with Crippen LogP contribution in [0.25, 0.3) is 0 Å². The molecular weight excluding hydrogens is 254 g/mol. The number of carbonyl (C=O) groups is 2. The van der Waals surface area contributed by atoms with Crippen molar-refractivity contribution < 1.29 is 14.7 Å². The number of hydrogen-bond donors (Lipinski definition) is 2. The lowest BCUT2D eigenvalue weighted by atomic mass is 9.69. The summed E-state index contributed by atoms with van der Waals surface area (Å²) in [5.41, 5.74) is -0.534. The molecule has 2 N–H and O–H groups in total. The van der Waals surface area contributed by atoms with E-state index in [0.29, 0.717) is 30.0 Å². The zero-order chi connectivity index (χ0) is 14.3. The summed E-state index contributed by atoms with van der Waals surface area (Å²) < 4.78 is 0. The molecule has 3 atom stereocenters. The standard InChI is InChI=1S/C16H19NO3/c1-2-10-7-8-14(18)12(9-10)16(20)11-5-3-4-6-13(11)17-15(16)19/h3-6,10,12,20H,2,7-9H2,1H3,(H,17,19)/t10-,12+,16+/m0/s1. The van der Waals surface area contributed by atoms with Crippen LogP contribution in [0.3, 0.4) is 0 Å². The van der Waals surface area contributed by atoms with Gasteiger partial charge < -0.3 is 10.4 Å². The van der Waals surface area contributed by atoms with Gasteiger partial charge in [-0.2, -0.15) is 0 Å². The van der Waals surface area contributed by atoms with Crippen molar-refractivity contribution in [2.45, 2.75) is 38.2 Å². The van der Waals surface area contributed by atoms with Crippen molar-refractivity contribution in [3.63, 3.8) is 0 Å². The highest BCUT2D eigenvalue weighted by Crippen LogP contribution is 2.46. The third-order valence-electron chi connectivity index (χ3n) is 4.77. The predicted octanol–water partition coefficient (Wildman–Crippen LogP) is 2.22. The van der Waals surface area contributed by atoms with Gasteiger partial charge in [0.25, 0.3) is 5.91 Å². The lowest BCUT2D eigenvalue weighted by molar-refractivity contribution is -0.152. The average Bonchev–Trinajstić information content (AvgIpc) is 2.72. The second kappa shape index (κ2) is 4.70. The highest BCUT2D eigenvalue weighted by Gasteiger charge is 2.54. The van der Waals surface area contributed by atoms with Gasteiger partial charge in [0, 0.05) is 17.7 Å². The number of nitrogens with one attached hydrogen (secondary N) is 1. The minimum absolute atomic E-state index is 0.00375. The Bertz CT molecular complexity index is 569. The van der Waals surface area contributed by atoms with Crippen LogP contribution < -0.4 is 5.32 Å². The van der Waals surface area contributed by atoms with Crippen LogP contribution in [0.2, 0.25) is 0 Å². The fraction of sp³-hybridized carbons (Fsp3) is 0.500. The van der Waals surface area contributed by atoms with Crippen molar-refractivity contribution in [2.75, 3.05) is 5.32 Å². The van der Waals surface area contributed by atoms with E-state index in [-0.39, 0.29) is 5.78 Å². The maximum atomic E-state index is 12.3. The Hall–Kier alpha value is -1.68. The summed E-state index contributed by atoms with van der Waals surface area (Å²) in [5, 5.41) is 13.7. The van der Waals surface area contributed by atoms with Gasteiger partial charge in [-0.3, -0.25) is 9.59 Å². The molecule has 0 radical (unpaired) electrons. The Labute approximate surface area is 118 Å². The molecule has 1 heterocycles. The molecule has 2 aliphatic rings. The van der Waals surface area contributed by atoms with E-state index in [1.165, 1.54) is 0 Å². The van der Waals surface area contributed by atoms with Crippen LogP contribution in [-0.2, 0) is 15.2 Å². The SMILES string of the molecule is CC[C@H]1CCC(=O)[C@H]([C@@]2(O)C(=O)Nc3ccccc32)C1. The van der Waals surface area contributed by atoms with Crippen LogP contribution in [-0.4, -0.2) is 16.8 Å². The first kappa shape index (κ1) is 13.3. The first-order valence-electron chi connectivity index (χ1n) is 7.23. The highest BCUT2D eigenvalue weighted by molar-refractivity contribution is 6.08. The van der Waals surface area contributed by atoms with E-state index in [1.807, 2.05) is 6.07 Å². The number of anilines is 1. The van der Waals surface area contributed by atoms with E-state index in [4.69, 9.17) is 0 Å². The van der Waals surface area contributed by atoms with Gasteiger partial charge in [0.1, 0.15) is 5.78 Å². The molecule has 106 valence electrons. The Kier molecular flexibility index (Phi) is 3.13.